The molecule has 0 bridgehead atoms. The van der Waals surface area contributed by atoms with E-state index >= 15 is 0 Å². The highest BCUT2D eigenvalue weighted by Crippen LogP contribution is 2.33. The van der Waals surface area contributed by atoms with Gasteiger partial charge in [-0.2, -0.15) is 5.21 Å². The molecule has 0 amide bonds. The summed E-state index contributed by atoms with van der Waals surface area (Å²) in [6, 6.07) is 18.2. The van der Waals surface area contributed by atoms with Crippen molar-refractivity contribution < 1.29 is 19.7 Å². The first-order chi connectivity index (χ1) is 16.5. The van der Waals surface area contributed by atoms with Gasteiger partial charge in [0.2, 0.25) is 5.82 Å². The second-order valence-corrected chi connectivity index (χ2v) is 8.04. The van der Waals surface area contributed by atoms with Crippen LogP contribution in [0.1, 0.15) is 59.0 Å². The third-order valence-electron chi connectivity index (χ3n) is 5.59. The number of aliphatic hydroxyl groups is 1. The lowest BCUT2D eigenvalue weighted by molar-refractivity contribution is 0.101. The second-order valence-electron chi connectivity index (χ2n) is 8.04. The van der Waals surface area contributed by atoms with Crippen LogP contribution in [0.2, 0.25) is 0 Å². The number of aromatic hydroxyl groups is 1. The first-order valence-corrected chi connectivity index (χ1v) is 11.1. The molecule has 1 aromatic heterocycles. The Hall–Kier alpha value is -4.04. The molecule has 4 rings (SSSR count). The Morgan fingerprint density at radius 2 is 1.85 bits per heavy atom. The van der Waals surface area contributed by atoms with Crippen LogP contribution in [0.4, 0.5) is 0 Å². The number of benzene rings is 3. The number of hydrogen-bond donors (Lipinski definition) is 3. The summed E-state index contributed by atoms with van der Waals surface area (Å²) in [5, 5.41) is 35.5. The molecule has 0 aliphatic rings. The molecule has 1 heterocycles. The zero-order valence-electron chi connectivity index (χ0n) is 19.0. The molecule has 174 valence electrons. The third kappa shape index (κ3) is 4.97. The van der Waals surface area contributed by atoms with E-state index in [1.165, 1.54) is 6.92 Å². The smallest absolute Gasteiger partial charge is 0.204 e. The molecule has 8 nitrogen and oxygen atoms in total. The molecule has 0 saturated heterocycles. The van der Waals surface area contributed by atoms with Crippen molar-refractivity contribution >= 4 is 5.78 Å². The Balaban J connectivity index is 1.53. The van der Waals surface area contributed by atoms with Gasteiger partial charge in [0, 0.05) is 11.1 Å². The van der Waals surface area contributed by atoms with E-state index < -0.39 is 6.10 Å². The van der Waals surface area contributed by atoms with E-state index in [2.05, 4.69) is 20.6 Å². The predicted octanol–water partition coefficient (Wildman–Crippen LogP) is 4.39. The number of carbonyl (C=O) groups is 1. The van der Waals surface area contributed by atoms with Crippen molar-refractivity contribution in [3.63, 3.8) is 0 Å². The maximum absolute atomic E-state index is 11.8. The highest BCUT2D eigenvalue weighted by Gasteiger charge is 2.17. The number of ether oxygens (including phenoxy) is 1. The van der Waals surface area contributed by atoms with Crippen molar-refractivity contribution in [2.45, 2.75) is 39.4 Å². The lowest BCUT2D eigenvalue weighted by Gasteiger charge is -2.16. The molecular formula is C26H26N4O4. The second kappa shape index (κ2) is 10.3. The molecule has 0 radical (unpaired) electrons. The van der Waals surface area contributed by atoms with E-state index in [-0.39, 0.29) is 18.1 Å². The van der Waals surface area contributed by atoms with Gasteiger partial charge in [-0.1, -0.05) is 49.7 Å². The molecule has 0 aliphatic carbocycles. The molecule has 8 heteroatoms. The number of H-pyrrole nitrogens is 1. The molecule has 3 N–H and O–H groups in total. The molecule has 4 aromatic rings. The van der Waals surface area contributed by atoms with Crippen LogP contribution in [0.15, 0.2) is 60.7 Å². The SMILES string of the molecule is CCCc1c(OCc2cccc(C(O)c3cccc(-c4nn[nH]n4)c3)c2)ccc(C(C)=O)c1O. The number of hydrogen-bond acceptors (Lipinski definition) is 7. The summed E-state index contributed by atoms with van der Waals surface area (Å²) in [6.07, 6.45) is 0.550. The summed E-state index contributed by atoms with van der Waals surface area (Å²) in [6.45, 7) is 3.68. The Bertz CT molecular complexity index is 1290. The number of aliphatic hydroxyl groups excluding tert-OH is 1. The van der Waals surface area contributed by atoms with Crippen LogP contribution in [0.5, 0.6) is 11.5 Å². The Labute approximate surface area is 197 Å². The van der Waals surface area contributed by atoms with E-state index in [0.29, 0.717) is 34.7 Å². The van der Waals surface area contributed by atoms with Gasteiger partial charge in [0.1, 0.15) is 24.2 Å². The standard InChI is InChI=1S/C26H26N4O4/c1-3-6-22-23(12-11-21(16(2)31)25(22)33)34-15-17-7-4-8-18(13-17)24(32)19-9-5-10-20(14-19)26-27-29-30-28-26/h4-5,7-14,24,32-33H,3,6,15H2,1-2H3,(H,27,28,29,30). The van der Waals surface area contributed by atoms with Crippen LogP contribution < -0.4 is 4.74 Å². The molecule has 3 aromatic carbocycles. The number of phenolic OH excluding ortho intramolecular Hbond substituents is 1. The number of rotatable bonds is 9. The van der Waals surface area contributed by atoms with Gasteiger partial charge in [-0.05, 0) is 59.5 Å². The molecule has 0 saturated carbocycles. The average Bonchev–Trinajstić information content (AvgIpc) is 3.39. The van der Waals surface area contributed by atoms with Crippen LogP contribution >= 0.6 is 0 Å². The normalized spacial score (nSPS) is 11.9. The fourth-order valence-electron chi connectivity index (χ4n) is 3.87. The number of nitrogens with zero attached hydrogens (tertiary/aromatic N) is 3. The van der Waals surface area contributed by atoms with Crippen molar-refractivity contribution in [1.29, 1.82) is 0 Å². The van der Waals surface area contributed by atoms with E-state index in [9.17, 15) is 15.0 Å². The van der Waals surface area contributed by atoms with Crippen LogP contribution in [-0.4, -0.2) is 36.6 Å². The zero-order valence-corrected chi connectivity index (χ0v) is 19.0. The number of carbonyl (C=O) groups excluding carboxylic acids is 1. The fourth-order valence-corrected chi connectivity index (χ4v) is 3.87. The predicted molar refractivity (Wildman–Crippen MR) is 127 cm³/mol. The average molecular weight is 459 g/mol. The summed E-state index contributed by atoms with van der Waals surface area (Å²) in [7, 11) is 0. The third-order valence-corrected chi connectivity index (χ3v) is 5.59. The van der Waals surface area contributed by atoms with E-state index in [4.69, 9.17) is 4.74 Å². The molecule has 0 spiro atoms. The van der Waals surface area contributed by atoms with Gasteiger partial charge in [-0.3, -0.25) is 4.79 Å². The van der Waals surface area contributed by atoms with Gasteiger partial charge >= 0.3 is 0 Å². The molecular weight excluding hydrogens is 432 g/mol. The number of phenols is 1. The first-order valence-electron chi connectivity index (χ1n) is 11.1. The maximum Gasteiger partial charge on any atom is 0.204 e. The quantitative estimate of drug-likeness (QED) is 0.318. The van der Waals surface area contributed by atoms with Gasteiger partial charge in [-0.15, -0.1) is 10.2 Å². The van der Waals surface area contributed by atoms with E-state index in [0.717, 1.165) is 23.1 Å². The van der Waals surface area contributed by atoms with Crippen LogP contribution in [0, 0.1) is 0 Å². The molecule has 1 atom stereocenters. The monoisotopic (exact) mass is 458 g/mol. The number of nitrogens with one attached hydrogen (secondary N) is 1. The van der Waals surface area contributed by atoms with Crippen molar-refractivity contribution in [2.24, 2.45) is 0 Å². The molecule has 34 heavy (non-hydrogen) atoms. The highest BCUT2D eigenvalue weighted by atomic mass is 16.5. The topological polar surface area (TPSA) is 121 Å². The van der Waals surface area contributed by atoms with Crippen LogP contribution in [0.3, 0.4) is 0 Å². The molecule has 0 fully saturated rings. The minimum Gasteiger partial charge on any atom is -0.507 e. The Morgan fingerprint density at radius 1 is 1.09 bits per heavy atom. The number of Topliss-reactive ketones (excluding diaryl/α,β-unsaturated/α-hetero) is 1. The minimum atomic E-state index is -0.846. The summed E-state index contributed by atoms with van der Waals surface area (Å²) in [4.78, 5) is 11.8. The van der Waals surface area contributed by atoms with Gasteiger partial charge in [-0.25, -0.2) is 0 Å². The number of tetrazole rings is 1. The van der Waals surface area contributed by atoms with Gasteiger partial charge in [0.25, 0.3) is 0 Å². The minimum absolute atomic E-state index is 0.0162. The first kappa shape index (κ1) is 23.1. The number of ketones is 1. The van der Waals surface area contributed by atoms with Crippen molar-refractivity contribution in [2.75, 3.05) is 0 Å². The molecule has 0 aliphatic heterocycles. The lowest BCUT2D eigenvalue weighted by atomic mass is 9.98. The van der Waals surface area contributed by atoms with Crippen molar-refractivity contribution in [1.82, 2.24) is 20.6 Å². The Morgan fingerprint density at radius 3 is 2.56 bits per heavy atom. The van der Waals surface area contributed by atoms with Crippen LogP contribution in [0.25, 0.3) is 11.4 Å². The summed E-state index contributed by atoms with van der Waals surface area (Å²) >= 11 is 0. The largest absolute Gasteiger partial charge is 0.507 e. The molecule has 1 unspecified atom stereocenters. The number of aromatic nitrogens is 4. The van der Waals surface area contributed by atoms with E-state index in [1.807, 2.05) is 55.5 Å². The fraction of sp³-hybridized carbons (Fsp3) is 0.231. The summed E-state index contributed by atoms with van der Waals surface area (Å²) in [5.74, 6) is 0.797. The maximum atomic E-state index is 11.8. The summed E-state index contributed by atoms with van der Waals surface area (Å²) in [5.41, 5.74) is 3.96. The highest BCUT2D eigenvalue weighted by molar-refractivity contribution is 5.97. The van der Waals surface area contributed by atoms with Gasteiger partial charge < -0.3 is 14.9 Å². The van der Waals surface area contributed by atoms with Gasteiger partial charge in [0.15, 0.2) is 5.78 Å². The van der Waals surface area contributed by atoms with Crippen LogP contribution in [-0.2, 0) is 13.0 Å². The lowest BCUT2D eigenvalue weighted by Crippen LogP contribution is -2.04. The van der Waals surface area contributed by atoms with Crippen molar-refractivity contribution in [3.8, 4) is 22.9 Å². The summed E-state index contributed by atoms with van der Waals surface area (Å²) < 4.78 is 6.02. The van der Waals surface area contributed by atoms with Gasteiger partial charge in [0.05, 0.1) is 5.56 Å². The number of aromatic amines is 1. The van der Waals surface area contributed by atoms with E-state index in [1.54, 1.807) is 12.1 Å². The van der Waals surface area contributed by atoms with Crippen molar-refractivity contribution in [3.05, 3.63) is 88.5 Å². The zero-order chi connectivity index (χ0) is 24.1. The Kier molecular flexibility index (Phi) is 6.98.